The zero-order chi connectivity index (χ0) is 16.5. The molecule has 1 atom stereocenters. The van der Waals surface area contributed by atoms with Crippen molar-refractivity contribution >= 4 is 5.97 Å². The lowest BCUT2D eigenvalue weighted by Gasteiger charge is -2.25. The van der Waals surface area contributed by atoms with E-state index in [4.69, 9.17) is 9.84 Å². The highest BCUT2D eigenvalue weighted by atomic mass is 16.5. The summed E-state index contributed by atoms with van der Waals surface area (Å²) in [4.78, 5) is 10.8. The number of ether oxygens (including phenoxy) is 1. The van der Waals surface area contributed by atoms with E-state index in [0.717, 1.165) is 25.4 Å². The Morgan fingerprint density at radius 1 is 1.05 bits per heavy atom. The van der Waals surface area contributed by atoms with Crippen LogP contribution in [0.1, 0.15) is 79.6 Å². The standard InChI is InChI=1S/C18H36O3/c1-15(10-8-12-18(4,5)14-21-6)9-7-11-17(2,3)13-16(19)20/h15H,7-14H2,1-6H3,(H,19,20). The van der Waals surface area contributed by atoms with E-state index in [-0.39, 0.29) is 17.3 Å². The van der Waals surface area contributed by atoms with Crippen molar-refractivity contribution in [1.29, 1.82) is 0 Å². The molecule has 3 nitrogen and oxygen atoms in total. The van der Waals surface area contributed by atoms with E-state index in [1.54, 1.807) is 7.11 Å². The van der Waals surface area contributed by atoms with Crippen molar-refractivity contribution in [2.75, 3.05) is 13.7 Å². The molecule has 0 heterocycles. The van der Waals surface area contributed by atoms with Gasteiger partial charge < -0.3 is 9.84 Å². The molecule has 0 aromatic carbocycles. The van der Waals surface area contributed by atoms with E-state index >= 15 is 0 Å². The van der Waals surface area contributed by atoms with E-state index in [1.165, 1.54) is 25.7 Å². The zero-order valence-corrected chi connectivity index (χ0v) is 15.0. The first-order chi connectivity index (χ1) is 9.58. The fourth-order valence-corrected chi connectivity index (χ4v) is 2.96. The van der Waals surface area contributed by atoms with Gasteiger partial charge >= 0.3 is 5.97 Å². The van der Waals surface area contributed by atoms with E-state index in [2.05, 4.69) is 34.6 Å². The average Bonchev–Trinajstić information content (AvgIpc) is 2.25. The second-order valence-electron chi connectivity index (χ2n) is 8.22. The van der Waals surface area contributed by atoms with Crippen LogP contribution < -0.4 is 0 Å². The Bertz CT molecular complexity index is 295. The molecule has 0 fully saturated rings. The molecular weight excluding hydrogens is 264 g/mol. The van der Waals surface area contributed by atoms with Crippen molar-refractivity contribution in [1.82, 2.24) is 0 Å². The molecule has 1 N–H and O–H groups in total. The summed E-state index contributed by atoms with van der Waals surface area (Å²) in [6, 6.07) is 0. The number of hydrogen-bond acceptors (Lipinski definition) is 2. The lowest BCUT2D eigenvalue weighted by Crippen LogP contribution is -2.18. The van der Waals surface area contributed by atoms with Gasteiger partial charge in [0, 0.05) is 7.11 Å². The molecule has 0 aliphatic carbocycles. The quantitative estimate of drug-likeness (QED) is 0.543. The number of carbonyl (C=O) groups is 1. The van der Waals surface area contributed by atoms with Crippen molar-refractivity contribution < 1.29 is 14.6 Å². The van der Waals surface area contributed by atoms with Crippen molar-refractivity contribution in [3.8, 4) is 0 Å². The van der Waals surface area contributed by atoms with Crippen molar-refractivity contribution in [3.05, 3.63) is 0 Å². The Morgan fingerprint density at radius 3 is 1.95 bits per heavy atom. The number of carboxylic acid groups (broad SMARTS) is 1. The minimum atomic E-state index is -0.687. The Labute approximate surface area is 131 Å². The summed E-state index contributed by atoms with van der Waals surface area (Å²) in [7, 11) is 1.77. The predicted octanol–water partition coefficient (Wildman–Crippen LogP) is 5.14. The van der Waals surface area contributed by atoms with Gasteiger partial charge in [-0.15, -0.1) is 0 Å². The van der Waals surface area contributed by atoms with Crippen molar-refractivity contribution in [3.63, 3.8) is 0 Å². The van der Waals surface area contributed by atoms with Crippen LogP contribution in [0.4, 0.5) is 0 Å². The summed E-state index contributed by atoms with van der Waals surface area (Å²) in [5.41, 5.74) is 0.198. The predicted molar refractivity (Wildman–Crippen MR) is 88.6 cm³/mol. The van der Waals surface area contributed by atoms with Crippen LogP contribution in [0.5, 0.6) is 0 Å². The third kappa shape index (κ3) is 11.7. The smallest absolute Gasteiger partial charge is 0.303 e. The van der Waals surface area contributed by atoms with Gasteiger partial charge in [0.05, 0.1) is 13.0 Å². The molecule has 21 heavy (non-hydrogen) atoms. The largest absolute Gasteiger partial charge is 0.481 e. The van der Waals surface area contributed by atoms with Gasteiger partial charge in [0.25, 0.3) is 0 Å². The van der Waals surface area contributed by atoms with E-state index in [9.17, 15) is 4.79 Å². The van der Waals surface area contributed by atoms with Crippen LogP contribution in [0, 0.1) is 16.7 Å². The van der Waals surface area contributed by atoms with Crippen LogP contribution in [-0.4, -0.2) is 24.8 Å². The van der Waals surface area contributed by atoms with Gasteiger partial charge in [0.2, 0.25) is 0 Å². The van der Waals surface area contributed by atoms with Crippen molar-refractivity contribution in [2.45, 2.75) is 79.6 Å². The monoisotopic (exact) mass is 300 g/mol. The molecule has 0 amide bonds. The lowest BCUT2D eigenvalue weighted by molar-refractivity contribution is -0.139. The highest BCUT2D eigenvalue weighted by Crippen LogP contribution is 2.30. The van der Waals surface area contributed by atoms with E-state index in [1.807, 2.05) is 0 Å². The second-order valence-corrected chi connectivity index (χ2v) is 8.22. The van der Waals surface area contributed by atoms with Crippen LogP contribution in [0.25, 0.3) is 0 Å². The minimum absolute atomic E-state index is 0.0774. The molecule has 0 saturated carbocycles. The second kappa shape index (κ2) is 9.45. The van der Waals surface area contributed by atoms with E-state index in [0.29, 0.717) is 0 Å². The zero-order valence-electron chi connectivity index (χ0n) is 15.0. The van der Waals surface area contributed by atoms with E-state index < -0.39 is 5.97 Å². The third-order valence-corrected chi connectivity index (χ3v) is 4.27. The molecule has 0 aromatic rings. The molecular formula is C18H36O3. The maximum Gasteiger partial charge on any atom is 0.303 e. The fourth-order valence-electron chi connectivity index (χ4n) is 2.96. The highest BCUT2D eigenvalue weighted by molar-refractivity contribution is 5.67. The average molecular weight is 300 g/mol. The maximum atomic E-state index is 10.8. The molecule has 0 radical (unpaired) electrons. The Balaban J connectivity index is 3.81. The molecule has 126 valence electrons. The third-order valence-electron chi connectivity index (χ3n) is 4.27. The Morgan fingerprint density at radius 2 is 1.52 bits per heavy atom. The van der Waals surface area contributed by atoms with Crippen LogP contribution in [-0.2, 0) is 9.53 Å². The number of methoxy groups -OCH3 is 1. The molecule has 0 rings (SSSR count). The van der Waals surface area contributed by atoms with Gasteiger partial charge in [-0.05, 0) is 29.6 Å². The topological polar surface area (TPSA) is 46.5 Å². The summed E-state index contributed by atoms with van der Waals surface area (Å²) in [6.07, 6.45) is 7.31. The summed E-state index contributed by atoms with van der Waals surface area (Å²) >= 11 is 0. The van der Waals surface area contributed by atoms with Gasteiger partial charge in [-0.25, -0.2) is 0 Å². The number of hydrogen-bond donors (Lipinski definition) is 1. The maximum absolute atomic E-state index is 10.8. The molecule has 0 bridgehead atoms. The Kier molecular flexibility index (Phi) is 9.19. The summed E-state index contributed by atoms with van der Waals surface area (Å²) < 4.78 is 5.25. The van der Waals surface area contributed by atoms with Crippen LogP contribution in [0.3, 0.4) is 0 Å². The summed E-state index contributed by atoms with van der Waals surface area (Å²) in [6.45, 7) is 11.8. The first-order valence-electron chi connectivity index (χ1n) is 8.29. The van der Waals surface area contributed by atoms with Gasteiger partial charge in [-0.3, -0.25) is 4.79 Å². The molecule has 1 unspecified atom stereocenters. The summed E-state index contributed by atoms with van der Waals surface area (Å²) in [5.74, 6) is 0.0393. The fraction of sp³-hybridized carbons (Fsp3) is 0.944. The number of aliphatic carboxylic acids is 1. The molecule has 3 heteroatoms. The normalized spacial score (nSPS) is 14.2. The molecule has 0 aliphatic rings. The summed E-state index contributed by atoms with van der Waals surface area (Å²) in [5, 5.41) is 8.88. The lowest BCUT2D eigenvalue weighted by atomic mass is 9.82. The van der Waals surface area contributed by atoms with Gasteiger partial charge in [0.1, 0.15) is 0 Å². The van der Waals surface area contributed by atoms with Crippen molar-refractivity contribution in [2.24, 2.45) is 16.7 Å². The first-order valence-corrected chi connectivity index (χ1v) is 8.29. The van der Waals surface area contributed by atoms with Gasteiger partial charge in [-0.2, -0.15) is 0 Å². The minimum Gasteiger partial charge on any atom is -0.481 e. The SMILES string of the molecule is COCC(C)(C)CCCC(C)CCCC(C)(C)CC(=O)O. The molecule has 0 aliphatic heterocycles. The highest BCUT2D eigenvalue weighted by Gasteiger charge is 2.22. The van der Waals surface area contributed by atoms with Gasteiger partial charge in [0.15, 0.2) is 0 Å². The number of carboxylic acids is 1. The Hall–Kier alpha value is -0.570. The van der Waals surface area contributed by atoms with Crippen LogP contribution >= 0.6 is 0 Å². The van der Waals surface area contributed by atoms with Crippen LogP contribution in [0.2, 0.25) is 0 Å². The molecule has 0 aromatic heterocycles. The first kappa shape index (κ1) is 20.4. The number of rotatable bonds is 12. The van der Waals surface area contributed by atoms with Crippen LogP contribution in [0.15, 0.2) is 0 Å². The van der Waals surface area contributed by atoms with Gasteiger partial charge in [-0.1, -0.05) is 60.3 Å². The molecule has 0 saturated heterocycles. The molecule has 0 spiro atoms.